The number of hydrogen-bond acceptors (Lipinski definition) is 3. The van der Waals surface area contributed by atoms with Gasteiger partial charge in [0.25, 0.3) is 0 Å². The molecule has 3 nitrogen and oxygen atoms in total. The van der Waals surface area contributed by atoms with Crippen LogP contribution < -0.4 is 5.32 Å². The Bertz CT molecular complexity index is 355. The Morgan fingerprint density at radius 1 is 1.60 bits per heavy atom. The van der Waals surface area contributed by atoms with Crippen molar-refractivity contribution in [2.75, 3.05) is 5.32 Å². The van der Waals surface area contributed by atoms with Crippen LogP contribution >= 0.6 is 11.3 Å². The molecule has 82 valence electrons. The highest BCUT2D eigenvalue weighted by atomic mass is 32.1. The van der Waals surface area contributed by atoms with Gasteiger partial charge >= 0.3 is 0 Å². The molecule has 2 rings (SSSR count). The molecule has 0 unspecified atom stereocenters. The number of hydrogen-bond donors (Lipinski definition) is 1. The predicted octanol–water partition coefficient (Wildman–Crippen LogP) is 3.01. The molecule has 1 aliphatic carbocycles. The first-order valence-electron chi connectivity index (χ1n) is 5.43. The van der Waals surface area contributed by atoms with Gasteiger partial charge in [-0.2, -0.15) is 0 Å². The lowest BCUT2D eigenvalue weighted by Crippen LogP contribution is -2.27. The normalized spacial score (nSPS) is 16.5. The van der Waals surface area contributed by atoms with E-state index in [-0.39, 0.29) is 11.8 Å². The summed E-state index contributed by atoms with van der Waals surface area (Å²) in [4.78, 5) is 16.0. The van der Waals surface area contributed by atoms with Crippen LogP contribution in [-0.4, -0.2) is 10.9 Å². The summed E-state index contributed by atoms with van der Waals surface area (Å²) in [6.07, 6.45) is 3.26. The van der Waals surface area contributed by atoms with Gasteiger partial charge in [-0.1, -0.05) is 20.3 Å². The minimum atomic E-state index is 0.144. The van der Waals surface area contributed by atoms with E-state index in [9.17, 15) is 4.79 Å². The van der Waals surface area contributed by atoms with E-state index in [1.807, 2.05) is 5.38 Å². The average Bonchev–Trinajstić information content (AvgIpc) is 2.48. The molecule has 1 amide bonds. The lowest BCUT2D eigenvalue weighted by Gasteiger charge is -2.23. The van der Waals surface area contributed by atoms with Crippen LogP contribution in [0.3, 0.4) is 0 Å². The molecule has 0 atom stereocenters. The zero-order valence-corrected chi connectivity index (χ0v) is 9.93. The van der Waals surface area contributed by atoms with Crippen LogP contribution in [-0.2, 0) is 4.79 Å². The van der Waals surface area contributed by atoms with Gasteiger partial charge in [0.05, 0.1) is 5.69 Å². The monoisotopic (exact) mass is 224 g/mol. The molecule has 1 saturated carbocycles. The van der Waals surface area contributed by atoms with Crippen molar-refractivity contribution in [2.45, 2.75) is 39.0 Å². The minimum Gasteiger partial charge on any atom is -0.302 e. The van der Waals surface area contributed by atoms with Crippen molar-refractivity contribution in [1.82, 2.24) is 4.98 Å². The van der Waals surface area contributed by atoms with E-state index in [2.05, 4.69) is 24.1 Å². The van der Waals surface area contributed by atoms with Gasteiger partial charge in [0.2, 0.25) is 5.91 Å². The molecule has 4 heteroatoms. The lowest BCUT2D eigenvalue weighted by atomic mass is 9.85. The molecule has 1 heterocycles. The molecule has 1 aromatic rings. The Hall–Kier alpha value is -0.900. The third-order valence-electron chi connectivity index (χ3n) is 2.82. The van der Waals surface area contributed by atoms with Gasteiger partial charge in [-0.15, -0.1) is 11.3 Å². The van der Waals surface area contributed by atoms with Gasteiger partial charge in [0, 0.05) is 11.3 Å². The number of nitrogens with one attached hydrogen (secondary N) is 1. The number of thiazole rings is 1. The largest absolute Gasteiger partial charge is 0.302 e. The summed E-state index contributed by atoms with van der Waals surface area (Å²) >= 11 is 1.52. The van der Waals surface area contributed by atoms with Gasteiger partial charge in [-0.05, 0) is 18.8 Å². The second kappa shape index (κ2) is 4.31. The predicted molar refractivity (Wildman–Crippen MR) is 62.2 cm³/mol. The first-order chi connectivity index (χ1) is 7.16. The van der Waals surface area contributed by atoms with Gasteiger partial charge < -0.3 is 5.32 Å². The number of aromatic nitrogens is 1. The molecule has 1 aromatic heterocycles. The summed E-state index contributed by atoms with van der Waals surface area (Å²) < 4.78 is 0. The van der Waals surface area contributed by atoms with Gasteiger partial charge in [-0.3, -0.25) is 4.79 Å². The van der Waals surface area contributed by atoms with Crippen LogP contribution in [0.1, 0.15) is 44.7 Å². The maximum atomic E-state index is 11.6. The second-order valence-corrected chi connectivity index (χ2v) is 5.21. The van der Waals surface area contributed by atoms with E-state index in [0.717, 1.165) is 23.7 Å². The third-order valence-corrected chi connectivity index (χ3v) is 3.60. The highest BCUT2D eigenvalue weighted by Crippen LogP contribution is 2.28. The smallest absolute Gasteiger partial charge is 0.229 e. The number of rotatable bonds is 3. The zero-order valence-electron chi connectivity index (χ0n) is 9.12. The average molecular weight is 224 g/mol. The summed E-state index contributed by atoms with van der Waals surface area (Å²) in [5.74, 6) is 0.804. The number of anilines is 1. The number of nitrogens with zero attached hydrogens (tertiary/aromatic N) is 1. The fourth-order valence-electron chi connectivity index (χ4n) is 1.49. The summed E-state index contributed by atoms with van der Waals surface area (Å²) in [5.41, 5.74) is 1.06. The van der Waals surface area contributed by atoms with Crippen LogP contribution in [0.4, 0.5) is 5.13 Å². The summed E-state index contributed by atoms with van der Waals surface area (Å²) in [7, 11) is 0. The second-order valence-electron chi connectivity index (χ2n) is 4.35. The molecule has 0 aliphatic heterocycles. The molecular formula is C11H16N2OS. The highest BCUT2D eigenvalue weighted by molar-refractivity contribution is 7.13. The zero-order chi connectivity index (χ0) is 10.8. The van der Waals surface area contributed by atoms with Crippen molar-refractivity contribution >= 4 is 22.4 Å². The Balaban J connectivity index is 1.95. The quantitative estimate of drug-likeness (QED) is 0.857. The van der Waals surface area contributed by atoms with E-state index >= 15 is 0 Å². The molecule has 0 spiro atoms. The highest BCUT2D eigenvalue weighted by Gasteiger charge is 2.25. The molecule has 1 aliphatic rings. The van der Waals surface area contributed by atoms with E-state index in [4.69, 9.17) is 0 Å². The summed E-state index contributed by atoms with van der Waals surface area (Å²) in [6, 6.07) is 0. The molecular weight excluding hydrogens is 208 g/mol. The van der Waals surface area contributed by atoms with Crippen molar-refractivity contribution in [1.29, 1.82) is 0 Å². The van der Waals surface area contributed by atoms with Crippen molar-refractivity contribution in [3.05, 3.63) is 11.1 Å². The molecule has 1 fully saturated rings. The molecule has 0 aromatic carbocycles. The maximum Gasteiger partial charge on any atom is 0.229 e. The Morgan fingerprint density at radius 3 is 2.80 bits per heavy atom. The maximum absolute atomic E-state index is 11.6. The minimum absolute atomic E-state index is 0.144. The van der Waals surface area contributed by atoms with Gasteiger partial charge in [-0.25, -0.2) is 4.98 Å². The Labute approximate surface area is 93.9 Å². The fourth-order valence-corrected chi connectivity index (χ4v) is 2.36. The number of carbonyl (C=O) groups is 1. The molecule has 0 radical (unpaired) electrons. The first kappa shape index (κ1) is 10.6. The van der Waals surface area contributed by atoms with E-state index < -0.39 is 0 Å². The van der Waals surface area contributed by atoms with E-state index in [1.54, 1.807) is 0 Å². The molecule has 0 bridgehead atoms. The third kappa shape index (κ3) is 2.37. The van der Waals surface area contributed by atoms with Gasteiger partial charge in [0.1, 0.15) is 0 Å². The van der Waals surface area contributed by atoms with Crippen LogP contribution in [0.15, 0.2) is 5.38 Å². The van der Waals surface area contributed by atoms with Crippen molar-refractivity contribution in [3.63, 3.8) is 0 Å². The van der Waals surface area contributed by atoms with Crippen molar-refractivity contribution < 1.29 is 4.79 Å². The van der Waals surface area contributed by atoms with E-state index in [0.29, 0.717) is 5.92 Å². The van der Waals surface area contributed by atoms with Crippen LogP contribution in [0, 0.1) is 5.92 Å². The van der Waals surface area contributed by atoms with Crippen LogP contribution in [0.2, 0.25) is 0 Å². The topological polar surface area (TPSA) is 42.0 Å². The Kier molecular flexibility index (Phi) is 3.05. The summed E-state index contributed by atoms with van der Waals surface area (Å²) in [5, 5.41) is 5.65. The summed E-state index contributed by atoms with van der Waals surface area (Å²) in [6.45, 7) is 4.21. The SMILES string of the molecule is CC(C)c1csc(NC(=O)C2CCC2)n1. The molecule has 15 heavy (non-hydrogen) atoms. The number of carbonyl (C=O) groups excluding carboxylic acids is 1. The molecule has 0 saturated heterocycles. The van der Waals surface area contributed by atoms with Crippen molar-refractivity contribution in [3.8, 4) is 0 Å². The lowest BCUT2D eigenvalue weighted by molar-refractivity contribution is -0.122. The van der Waals surface area contributed by atoms with Crippen LogP contribution in [0.5, 0.6) is 0 Å². The molecule has 1 N–H and O–H groups in total. The van der Waals surface area contributed by atoms with Crippen molar-refractivity contribution in [2.24, 2.45) is 5.92 Å². The van der Waals surface area contributed by atoms with E-state index in [1.165, 1.54) is 17.8 Å². The standard InChI is InChI=1S/C11H16N2OS/c1-7(2)9-6-15-11(12-9)13-10(14)8-4-3-5-8/h6-8H,3-5H2,1-2H3,(H,12,13,14). The first-order valence-corrected chi connectivity index (χ1v) is 6.31. The van der Waals surface area contributed by atoms with Gasteiger partial charge in [0.15, 0.2) is 5.13 Å². The van der Waals surface area contributed by atoms with Crippen LogP contribution in [0.25, 0.3) is 0 Å². The Morgan fingerprint density at radius 2 is 2.33 bits per heavy atom. The number of amides is 1. The fraction of sp³-hybridized carbons (Fsp3) is 0.636.